The van der Waals surface area contributed by atoms with Gasteiger partial charge >= 0.3 is 0 Å². The summed E-state index contributed by atoms with van der Waals surface area (Å²) in [7, 11) is 1.66. The number of methoxy groups -OCH3 is 1. The maximum atomic E-state index is 5.61. The van der Waals surface area contributed by atoms with Crippen molar-refractivity contribution in [1.29, 1.82) is 0 Å². The highest BCUT2D eigenvalue weighted by molar-refractivity contribution is 6.01. The lowest BCUT2D eigenvalue weighted by atomic mass is 10.1. The van der Waals surface area contributed by atoms with Gasteiger partial charge in [-0.25, -0.2) is 4.68 Å². The average Bonchev–Trinajstić information content (AvgIpc) is 3.56. The highest BCUT2D eigenvalue weighted by atomic mass is 16.5. The first-order valence-electron chi connectivity index (χ1n) is 9.60. The van der Waals surface area contributed by atoms with E-state index in [1.165, 1.54) is 0 Å². The van der Waals surface area contributed by atoms with E-state index in [9.17, 15) is 0 Å². The van der Waals surface area contributed by atoms with Gasteiger partial charge in [0.1, 0.15) is 23.1 Å². The number of hydrogen-bond donors (Lipinski definition) is 2. The van der Waals surface area contributed by atoms with Crippen LogP contribution in [0, 0.1) is 0 Å². The van der Waals surface area contributed by atoms with E-state index < -0.39 is 0 Å². The summed E-state index contributed by atoms with van der Waals surface area (Å²) in [6.45, 7) is 3.40. The molecule has 0 unspecified atom stereocenters. The molecule has 0 saturated heterocycles. The predicted molar refractivity (Wildman–Crippen MR) is 112 cm³/mol. The number of aliphatic imine (C=N–C) groups is 2. The smallest absolute Gasteiger partial charge is 0.129 e. The van der Waals surface area contributed by atoms with Crippen molar-refractivity contribution in [3.63, 3.8) is 0 Å². The minimum atomic E-state index is 0.742. The van der Waals surface area contributed by atoms with Crippen LogP contribution in [0.15, 0.2) is 58.6 Å². The maximum Gasteiger partial charge on any atom is 0.129 e. The first-order chi connectivity index (χ1) is 14.3. The molecule has 0 aliphatic carbocycles. The van der Waals surface area contributed by atoms with Crippen LogP contribution >= 0.6 is 0 Å². The fraction of sp³-hybridized carbons (Fsp3) is 0.238. The van der Waals surface area contributed by atoms with Crippen LogP contribution in [0.4, 0.5) is 0 Å². The van der Waals surface area contributed by atoms with Gasteiger partial charge < -0.3 is 15.4 Å². The van der Waals surface area contributed by atoms with Gasteiger partial charge in [0.25, 0.3) is 0 Å². The Bertz CT molecular complexity index is 1100. The molecule has 2 aliphatic rings. The molecule has 0 spiro atoms. The van der Waals surface area contributed by atoms with Crippen LogP contribution in [0.25, 0.3) is 16.9 Å². The summed E-state index contributed by atoms with van der Waals surface area (Å²) in [6.07, 6.45) is 1.91. The first kappa shape index (κ1) is 17.4. The zero-order chi connectivity index (χ0) is 19.6. The topological polar surface area (TPSA) is 88.7 Å². The van der Waals surface area contributed by atoms with Crippen molar-refractivity contribution in [2.45, 2.75) is 0 Å². The van der Waals surface area contributed by atoms with E-state index in [0.717, 1.165) is 71.7 Å². The third-order valence-electron chi connectivity index (χ3n) is 5.00. The molecule has 0 amide bonds. The SMILES string of the molecule is COc1cc(C2=NCCN2)ccc1-c1cn(-c2ccc(C3=NCCN3)cc2)nn1. The third-order valence-corrected chi connectivity index (χ3v) is 5.00. The van der Waals surface area contributed by atoms with Crippen LogP contribution < -0.4 is 15.4 Å². The van der Waals surface area contributed by atoms with Gasteiger partial charge in [0, 0.05) is 29.8 Å². The van der Waals surface area contributed by atoms with Gasteiger partial charge in [-0.2, -0.15) is 0 Å². The van der Waals surface area contributed by atoms with E-state index >= 15 is 0 Å². The van der Waals surface area contributed by atoms with Crippen LogP contribution in [0.1, 0.15) is 11.1 Å². The second-order valence-electron chi connectivity index (χ2n) is 6.82. The quantitative estimate of drug-likeness (QED) is 0.695. The van der Waals surface area contributed by atoms with Crippen molar-refractivity contribution in [3.05, 3.63) is 59.8 Å². The molecule has 5 rings (SSSR count). The van der Waals surface area contributed by atoms with Gasteiger partial charge in [-0.15, -0.1) is 5.10 Å². The zero-order valence-electron chi connectivity index (χ0n) is 16.1. The van der Waals surface area contributed by atoms with Gasteiger partial charge in [-0.05, 0) is 36.4 Å². The number of hydrogen-bond acceptors (Lipinski definition) is 7. The molecule has 8 nitrogen and oxygen atoms in total. The molecule has 3 aromatic rings. The van der Waals surface area contributed by atoms with Gasteiger partial charge in [0.15, 0.2) is 0 Å². The number of nitrogens with zero attached hydrogens (tertiary/aromatic N) is 5. The van der Waals surface area contributed by atoms with Crippen molar-refractivity contribution in [2.75, 3.05) is 33.3 Å². The van der Waals surface area contributed by atoms with Crippen molar-refractivity contribution >= 4 is 11.7 Å². The Morgan fingerprint density at radius 2 is 1.59 bits per heavy atom. The molecule has 0 bridgehead atoms. The lowest BCUT2D eigenvalue weighted by Gasteiger charge is -2.09. The third kappa shape index (κ3) is 3.33. The number of rotatable bonds is 5. The van der Waals surface area contributed by atoms with Crippen LogP contribution in [0.5, 0.6) is 5.75 Å². The molecule has 2 aromatic carbocycles. The van der Waals surface area contributed by atoms with E-state index in [1.54, 1.807) is 11.8 Å². The summed E-state index contributed by atoms with van der Waals surface area (Å²) in [5.74, 6) is 2.59. The average molecular weight is 387 g/mol. The van der Waals surface area contributed by atoms with Crippen LogP contribution in [0.3, 0.4) is 0 Å². The molecule has 29 heavy (non-hydrogen) atoms. The number of ether oxygens (including phenoxy) is 1. The van der Waals surface area contributed by atoms with Crippen LogP contribution in [-0.2, 0) is 0 Å². The molecule has 0 atom stereocenters. The Labute approximate surface area is 168 Å². The summed E-state index contributed by atoms with van der Waals surface area (Å²) in [5.41, 5.74) is 4.66. The van der Waals surface area contributed by atoms with Gasteiger partial charge in [0.05, 0.1) is 32.1 Å². The highest BCUT2D eigenvalue weighted by Crippen LogP contribution is 2.30. The van der Waals surface area contributed by atoms with E-state index in [4.69, 9.17) is 4.74 Å². The fourth-order valence-electron chi connectivity index (χ4n) is 3.52. The molecule has 0 fully saturated rings. The monoisotopic (exact) mass is 387 g/mol. The minimum Gasteiger partial charge on any atom is -0.496 e. The summed E-state index contributed by atoms with van der Waals surface area (Å²) in [5, 5.41) is 15.2. The van der Waals surface area contributed by atoms with Crippen molar-refractivity contribution in [3.8, 4) is 22.7 Å². The molecule has 3 heterocycles. The molecular formula is C21H21N7O. The lowest BCUT2D eigenvalue weighted by molar-refractivity contribution is 0.416. The van der Waals surface area contributed by atoms with E-state index in [-0.39, 0.29) is 0 Å². The summed E-state index contributed by atoms with van der Waals surface area (Å²) in [4.78, 5) is 8.92. The molecule has 2 N–H and O–H groups in total. The zero-order valence-corrected chi connectivity index (χ0v) is 16.1. The Balaban J connectivity index is 1.42. The predicted octanol–water partition coefficient (Wildman–Crippen LogP) is 1.64. The number of amidine groups is 2. The Hall–Kier alpha value is -3.68. The number of aromatic nitrogens is 3. The Morgan fingerprint density at radius 1 is 0.897 bits per heavy atom. The van der Waals surface area contributed by atoms with Crippen molar-refractivity contribution < 1.29 is 4.74 Å². The van der Waals surface area contributed by atoms with E-state index in [0.29, 0.717) is 0 Å². The van der Waals surface area contributed by atoms with Gasteiger partial charge in [-0.3, -0.25) is 9.98 Å². The second-order valence-corrected chi connectivity index (χ2v) is 6.82. The molecule has 2 aliphatic heterocycles. The number of nitrogens with one attached hydrogen (secondary N) is 2. The number of benzene rings is 2. The van der Waals surface area contributed by atoms with Gasteiger partial charge in [-0.1, -0.05) is 11.3 Å². The van der Waals surface area contributed by atoms with Crippen molar-refractivity contribution in [2.24, 2.45) is 9.98 Å². The summed E-state index contributed by atoms with van der Waals surface area (Å²) in [6, 6.07) is 14.1. The Kier molecular flexibility index (Phi) is 4.44. The Morgan fingerprint density at radius 3 is 2.24 bits per heavy atom. The first-order valence-corrected chi connectivity index (χ1v) is 9.60. The van der Waals surface area contributed by atoms with Crippen molar-refractivity contribution in [1.82, 2.24) is 25.6 Å². The van der Waals surface area contributed by atoms with E-state index in [1.807, 2.05) is 48.7 Å². The molecule has 146 valence electrons. The fourth-order valence-corrected chi connectivity index (χ4v) is 3.52. The normalized spacial score (nSPS) is 15.5. The maximum absolute atomic E-state index is 5.61. The summed E-state index contributed by atoms with van der Waals surface area (Å²) < 4.78 is 7.37. The molecule has 0 radical (unpaired) electrons. The van der Waals surface area contributed by atoms with E-state index in [2.05, 4.69) is 30.9 Å². The lowest BCUT2D eigenvalue weighted by Crippen LogP contribution is -2.19. The minimum absolute atomic E-state index is 0.742. The van der Waals surface area contributed by atoms with Crippen LogP contribution in [-0.4, -0.2) is 60.0 Å². The van der Waals surface area contributed by atoms with Crippen LogP contribution in [0.2, 0.25) is 0 Å². The largest absolute Gasteiger partial charge is 0.496 e. The molecular weight excluding hydrogens is 366 g/mol. The standard InChI is InChI=1S/C21H21N7O/c1-29-19-12-15(21-24-10-11-25-21)4-7-17(19)18-13-28(27-26-18)16-5-2-14(3-6-16)20-22-8-9-23-20/h2-7,12-13H,8-11H2,1H3,(H,22,23)(H,24,25). The van der Waals surface area contributed by atoms with Gasteiger partial charge in [0.2, 0.25) is 0 Å². The molecule has 1 aromatic heterocycles. The second kappa shape index (κ2) is 7.38. The highest BCUT2D eigenvalue weighted by Gasteiger charge is 2.15. The molecule has 8 heteroatoms. The molecule has 0 saturated carbocycles. The summed E-state index contributed by atoms with van der Waals surface area (Å²) >= 11 is 0.